The summed E-state index contributed by atoms with van der Waals surface area (Å²) in [7, 11) is 0. The van der Waals surface area contributed by atoms with Crippen molar-refractivity contribution in [1.82, 2.24) is 5.32 Å². The Balaban J connectivity index is 2.01. The maximum absolute atomic E-state index is 12.0. The van der Waals surface area contributed by atoms with Gasteiger partial charge in [0.2, 0.25) is 0 Å². The minimum absolute atomic E-state index is 0.242. The van der Waals surface area contributed by atoms with Gasteiger partial charge in [0.15, 0.2) is 0 Å². The smallest absolute Gasteiger partial charge is 0.251 e. The highest BCUT2D eigenvalue weighted by Gasteiger charge is 2.34. The van der Waals surface area contributed by atoms with Crippen LogP contribution < -0.4 is 15.8 Å². The van der Waals surface area contributed by atoms with Gasteiger partial charge in [-0.1, -0.05) is 0 Å². The summed E-state index contributed by atoms with van der Waals surface area (Å²) in [5.41, 5.74) is 5.95. The molecule has 0 saturated heterocycles. The lowest BCUT2D eigenvalue weighted by atomic mass is 9.80. The number of rotatable bonds is 5. The second-order valence-electron chi connectivity index (χ2n) is 4.98. The number of ether oxygens (including phenoxy) is 1. The molecule has 0 aliphatic heterocycles. The summed E-state index contributed by atoms with van der Waals surface area (Å²) < 4.78 is 5.35. The Hall–Kier alpha value is -1.75. The predicted octanol–water partition coefficient (Wildman–Crippen LogP) is 1.31. The fourth-order valence-electron chi connectivity index (χ4n) is 2.11. The summed E-state index contributed by atoms with van der Waals surface area (Å²) in [5.74, 6) is 0.337. The van der Waals surface area contributed by atoms with Crippen LogP contribution in [0.5, 0.6) is 5.75 Å². The highest BCUT2D eigenvalue weighted by molar-refractivity contribution is 5.95. The first-order chi connectivity index (χ1) is 9.02. The molecule has 2 rings (SSSR count). The Morgan fingerprint density at radius 1 is 1.47 bits per heavy atom. The largest absolute Gasteiger partial charge is 0.494 e. The molecule has 0 heterocycles. The van der Waals surface area contributed by atoms with Crippen molar-refractivity contribution in [3.05, 3.63) is 23.8 Å². The third kappa shape index (κ3) is 3.38. The number of anilines is 1. The van der Waals surface area contributed by atoms with Crippen LogP contribution >= 0.6 is 0 Å². The van der Waals surface area contributed by atoms with Crippen molar-refractivity contribution in [3.8, 4) is 5.75 Å². The van der Waals surface area contributed by atoms with E-state index in [1.165, 1.54) is 0 Å². The van der Waals surface area contributed by atoms with Crippen LogP contribution in [-0.4, -0.2) is 29.8 Å². The first kappa shape index (κ1) is 13.7. The van der Waals surface area contributed by atoms with Crippen molar-refractivity contribution >= 4 is 11.6 Å². The molecule has 0 radical (unpaired) electrons. The number of hydrogen-bond donors (Lipinski definition) is 3. The van der Waals surface area contributed by atoms with Gasteiger partial charge in [-0.3, -0.25) is 4.79 Å². The van der Waals surface area contributed by atoms with E-state index in [0.29, 0.717) is 23.6 Å². The molecule has 1 aliphatic carbocycles. The fraction of sp³-hybridized carbons (Fsp3) is 0.500. The molecule has 1 aliphatic rings. The fourth-order valence-corrected chi connectivity index (χ4v) is 2.11. The Morgan fingerprint density at radius 3 is 2.79 bits per heavy atom. The van der Waals surface area contributed by atoms with E-state index < -0.39 is 5.60 Å². The molecule has 0 bridgehead atoms. The Kier molecular flexibility index (Phi) is 3.95. The third-order valence-electron chi connectivity index (χ3n) is 3.36. The SMILES string of the molecule is CCOc1cc(N)cc(C(=O)NCC2(O)CCC2)c1. The molecule has 1 fully saturated rings. The van der Waals surface area contributed by atoms with Crippen LogP contribution in [0.15, 0.2) is 18.2 Å². The Morgan fingerprint density at radius 2 is 2.21 bits per heavy atom. The summed E-state index contributed by atoms with van der Waals surface area (Å²) in [6, 6.07) is 4.93. The molecule has 1 aromatic rings. The standard InChI is InChI=1S/C14H20N2O3/c1-2-19-12-7-10(6-11(15)8-12)13(17)16-9-14(18)4-3-5-14/h6-8,18H,2-5,9,15H2,1H3,(H,16,17). The van der Waals surface area contributed by atoms with Gasteiger partial charge >= 0.3 is 0 Å². The second-order valence-corrected chi connectivity index (χ2v) is 4.98. The summed E-state index contributed by atoms with van der Waals surface area (Å²) >= 11 is 0. The molecule has 1 aromatic carbocycles. The van der Waals surface area contributed by atoms with E-state index in [4.69, 9.17) is 10.5 Å². The van der Waals surface area contributed by atoms with Gasteiger partial charge < -0.3 is 20.9 Å². The van der Waals surface area contributed by atoms with Crippen molar-refractivity contribution in [1.29, 1.82) is 0 Å². The Bertz CT molecular complexity index is 470. The topological polar surface area (TPSA) is 84.6 Å². The first-order valence-corrected chi connectivity index (χ1v) is 6.56. The zero-order chi connectivity index (χ0) is 13.9. The molecule has 19 heavy (non-hydrogen) atoms. The van der Waals surface area contributed by atoms with E-state index in [0.717, 1.165) is 19.3 Å². The van der Waals surface area contributed by atoms with E-state index >= 15 is 0 Å². The van der Waals surface area contributed by atoms with Crippen molar-refractivity contribution < 1.29 is 14.6 Å². The van der Waals surface area contributed by atoms with Gasteiger partial charge in [0, 0.05) is 23.9 Å². The number of benzene rings is 1. The molecule has 0 atom stereocenters. The lowest BCUT2D eigenvalue weighted by molar-refractivity contribution is -0.0300. The quantitative estimate of drug-likeness (QED) is 0.700. The molecule has 0 spiro atoms. The maximum Gasteiger partial charge on any atom is 0.251 e. The molecule has 104 valence electrons. The van der Waals surface area contributed by atoms with Crippen molar-refractivity contribution in [2.24, 2.45) is 0 Å². The zero-order valence-corrected chi connectivity index (χ0v) is 11.1. The molecular weight excluding hydrogens is 244 g/mol. The minimum Gasteiger partial charge on any atom is -0.494 e. The van der Waals surface area contributed by atoms with Gasteiger partial charge in [0.1, 0.15) is 5.75 Å². The van der Waals surface area contributed by atoms with E-state index in [1.54, 1.807) is 18.2 Å². The van der Waals surface area contributed by atoms with Crippen LogP contribution in [0.25, 0.3) is 0 Å². The summed E-state index contributed by atoms with van der Waals surface area (Å²) in [5, 5.41) is 12.7. The number of hydrogen-bond acceptors (Lipinski definition) is 4. The number of carbonyl (C=O) groups excluding carboxylic acids is 1. The van der Waals surface area contributed by atoms with Gasteiger partial charge in [0.25, 0.3) is 5.91 Å². The number of aliphatic hydroxyl groups is 1. The van der Waals surface area contributed by atoms with Crippen molar-refractivity contribution in [2.45, 2.75) is 31.8 Å². The van der Waals surface area contributed by atoms with Gasteiger partial charge in [-0.05, 0) is 38.3 Å². The van der Waals surface area contributed by atoms with E-state index in [2.05, 4.69) is 5.32 Å². The van der Waals surface area contributed by atoms with E-state index in [1.807, 2.05) is 6.92 Å². The van der Waals surface area contributed by atoms with Crippen molar-refractivity contribution in [2.75, 3.05) is 18.9 Å². The summed E-state index contributed by atoms with van der Waals surface area (Å²) in [4.78, 5) is 12.0. The van der Waals surface area contributed by atoms with Crippen LogP contribution in [0, 0.1) is 0 Å². The third-order valence-corrected chi connectivity index (χ3v) is 3.36. The van der Waals surface area contributed by atoms with Crippen LogP contribution in [0.1, 0.15) is 36.5 Å². The van der Waals surface area contributed by atoms with E-state index in [-0.39, 0.29) is 12.5 Å². The van der Waals surface area contributed by atoms with Gasteiger partial charge in [-0.2, -0.15) is 0 Å². The predicted molar refractivity (Wildman–Crippen MR) is 73.2 cm³/mol. The lowest BCUT2D eigenvalue weighted by Crippen LogP contribution is -2.47. The zero-order valence-electron chi connectivity index (χ0n) is 11.1. The van der Waals surface area contributed by atoms with Gasteiger partial charge in [0.05, 0.1) is 12.2 Å². The molecule has 1 saturated carbocycles. The number of nitrogen functional groups attached to an aromatic ring is 1. The summed E-state index contributed by atoms with van der Waals surface area (Å²) in [6.07, 6.45) is 2.50. The van der Waals surface area contributed by atoms with Crippen LogP contribution in [0.2, 0.25) is 0 Å². The molecule has 0 unspecified atom stereocenters. The number of amides is 1. The van der Waals surface area contributed by atoms with Gasteiger partial charge in [-0.15, -0.1) is 0 Å². The van der Waals surface area contributed by atoms with Crippen LogP contribution in [0.4, 0.5) is 5.69 Å². The second kappa shape index (κ2) is 5.48. The minimum atomic E-state index is -0.723. The van der Waals surface area contributed by atoms with E-state index in [9.17, 15) is 9.90 Å². The molecule has 5 heteroatoms. The summed E-state index contributed by atoms with van der Waals surface area (Å²) in [6.45, 7) is 2.67. The number of carbonyl (C=O) groups is 1. The monoisotopic (exact) mass is 264 g/mol. The average Bonchev–Trinajstić information content (AvgIpc) is 2.33. The van der Waals surface area contributed by atoms with Crippen molar-refractivity contribution in [3.63, 3.8) is 0 Å². The molecular formula is C14H20N2O3. The molecule has 1 amide bonds. The Labute approximate surface area is 112 Å². The molecule has 5 nitrogen and oxygen atoms in total. The highest BCUT2D eigenvalue weighted by atomic mass is 16.5. The van der Waals surface area contributed by atoms with Gasteiger partial charge in [-0.25, -0.2) is 0 Å². The molecule has 4 N–H and O–H groups in total. The first-order valence-electron chi connectivity index (χ1n) is 6.56. The highest BCUT2D eigenvalue weighted by Crippen LogP contribution is 2.30. The van der Waals surface area contributed by atoms with Crippen LogP contribution in [-0.2, 0) is 0 Å². The van der Waals surface area contributed by atoms with Crippen LogP contribution in [0.3, 0.4) is 0 Å². The lowest BCUT2D eigenvalue weighted by Gasteiger charge is -2.36. The maximum atomic E-state index is 12.0. The molecule has 0 aromatic heterocycles. The number of nitrogens with one attached hydrogen (secondary N) is 1. The number of nitrogens with two attached hydrogens (primary N) is 1. The average molecular weight is 264 g/mol. The normalized spacial score (nSPS) is 16.5.